The summed E-state index contributed by atoms with van der Waals surface area (Å²) in [4.78, 5) is 12.3. The molecule has 26 heavy (non-hydrogen) atoms. The Morgan fingerprint density at radius 3 is 2.73 bits per heavy atom. The van der Waals surface area contributed by atoms with Crippen LogP contribution < -0.4 is 5.32 Å². The summed E-state index contributed by atoms with van der Waals surface area (Å²) < 4.78 is 18.1. The van der Waals surface area contributed by atoms with Crippen molar-refractivity contribution in [2.24, 2.45) is 0 Å². The number of nitrogens with one attached hydrogen (secondary N) is 1. The number of halogens is 1. The molecule has 134 valence electrons. The van der Waals surface area contributed by atoms with Crippen LogP contribution >= 0.6 is 0 Å². The van der Waals surface area contributed by atoms with Gasteiger partial charge in [0.15, 0.2) is 0 Å². The van der Waals surface area contributed by atoms with Crippen molar-refractivity contribution in [2.75, 3.05) is 0 Å². The van der Waals surface area contributed by atoms with Gasteiger partial charge in [-0.1, -0.05) is 41.1 Å². The summed E-state index contributed by atoms with van der Waals surface area (Å²) in [7, 11) is 0. The molecule has 5 heteroatoms. The molecule has 3 rings (SSSR count). The van der Waals surface area contributed by atoms with E-state index in [4.69, 9.17) is 4.52 Å². The Morgan fingerprint density at radius 1 is 1.23 bits per heavy atom. The predicted octanol–water partition coefficient (Wildman–Crippen LogP) is 4.60. The standard InChI is InChI=1S/C21H21FN2O2/c1-14-4-3-5-17(12-14)21-18(13-26-24-21)8-11-20(25)23-15(2)16-6-9-19(22)10-7-16/h3-7,9-10,12-13,15H,8,11H2,1-2H3,(H,23,25). The molecule has 0 fully saturated rings. The lowest BCUT2D eigenvalue weighted by Gasteiger charge is -2.14. The SMILES string of the molecule is Cc1cccc(-c2nocc2CCC(=O)NC(C)c2ccc(F)cc2)c1. The quantitative estimate of drug-likeness (QED) is 0.705. The lowest BCUT2D eigenvalue weighted by atomic mass is 10.0. The minimum Gasteiger partial charge on any atom is -0.364 e. The first-order chi connectivity index (χ1) is 12.5. The number of benzene rings is 2. The molecule has 0 bridgehead atoms. The second kappa shape index (κ2) is 7.95. The maximum Gasteiger partial charge on any atom is 0.220 e. The molecular weight excluding hydrogens is 331 g/mol. The lowest BCUT2D eigenvalue weighted by molar-refractivity contribution is -0.121. The summed E-state index contributed by atoms with van der Waals surface area (Å²) >= 11 is 0. The molecule has 0 aliphatic heterocycles. The Bertz CT molecular complexity index is 887. The highest BCUT2D eigenvalue weighted by atomic mass is 19.1. The van der Waals surface area contributed by atoms with Gasteiger partial charge in [0, 0.05) is 17.5 Å². The van der Waals surface area contributed by atoms with E-state index in [0.717, 1.165) is 27.9 Å². The van der Waals surface area contributed by atoms with E-state index in [2.05, 4.69) is 10.5 Å². The van der Waals surface area contributed by atoms with E-state index in [1.807, 2.05) is 38.1 Å². The highest BCUT2D eigenvalue weighted by Gasteiger charge is 2.14. The number of amides is 1. The van der Waals surface area contributed by atoms with Crippen LogP contribution in [0.4, 0.5) is 4.39 Å². The van der Waals surface area contributed by atoms with Gasteiger partial charge < -0.3 is 9.84 Å². The van der Waals surface area contributed by atoms with Gasteiger partial charge in [-0.2, -0.15) is 0 Å². The van der Waals surface area contributed by atoms with Crippen LogP contribution in [0.3, 0.4) is 0 Å². The topological polar surface area (TPSA) is 55.1 Å². The number of carbonyl (C=O) groups excluding carboxylic acids is 1. The summed E-state index contributed by atoms with van der Waals surface area (Å²) in [5, 5.41) is 7.01. The molecule has 1 aromatic heterocycles. The van der Waals surface area contributed by atoms with E-state index in [9.17, 15) is 9.18 Å². The second-order valence-corrected chi connectivity index (χ2v) is 6.40. The Labute approximate surface area is 152 Å². The summed E-state index contributed by atoms with van der Waals surface area (Å²) in [6.45, 7) is 3.90. The molecule has 0 aliphatic rings. The third kappa shape index (κ3) is 4.36. The van der Waals surface area contributed by atoms with Gasteiger partial charge in [-0.3, -0.25) is 4.79 Å². The molecule has 0 saturated carbocycles. The van der Waals surface area contributed by atoms with Gasteiger partial charge in [0.05, 0.1) is 6.04 Å². The Balaban J connectivity index is 1.60. The number of rotatable bonds is 6. The molecule has 0 spiro atoms. The highest BCUT2D eigenvalue weighted by molar-refractivity contribution is 5.77. The third-order valence-corrected chi connectivity index (χ3v) is 4.30. The largest absolute Gasteiger partial charge is 0.364 e. The van der Waals surface area contributed by atoms with Crippen LogP contribution in [-0.4, -0.2) is 11.1 Å². The van der Waals surface area contributed by atoms with Crippen LogP contribution in [0, 0.1) is 12.7 Å². The maximum atomic E-state index is 13.0. The minimum atomic E-state index is -0.289. The van der Waals surface area contributed by atoms with Gasteiger partial charge in [0.1, 0.15) is 17.8 Å². The van der Waals surface area contributed by atoms with Gasteiger partial charge >= 0.3 is 0 Å². The van der Waals surface area contributed by atoms with E-state index in [1.165, 1.54) is 12.1 Å². The minimum absolute atomic E-state index is 0.0711. The van der Waals surface area contributed by atoms with Gasteiger partial charge in [-0.25, -0.2) is 4.39 Å². The number of hydrogen-bond acceptors (Lipinski definition) is 3. The van der Waals surface area contributed by atoms with Crippen LogP contribution in [0.25, 0.3) is 11.3 Å². The van der Waals surface area contributed by atoms with Crippen molar-refractivity contribution in [3.05, 3.63) is 77.3 Å². The van der Waals surface area contributed by atoms with Crippen LogP contribution in [-0.2, 0) is 11.2 Å². The van der Waals surface area contributed by atoms with Gasteiger partial charge in [0.25, 0.3) is 0 Å². The summed E-state index contributed by atoms with van der Waals surface area (Å²) in [5.74, 6) is -0.360. The molecule has 0 saturated heterocycles. The fraction of sp³-hybridized carbons (Fsp3) is 0.238. The number of nitrogens with zero attached hydrogens (tertiary/aromatic N) is 1. The average molecular weight is 352 g/mol. The average Bonchev–Trinajstić information content (AvgIpc) is 3.09. The second-order valence-electron chi connectivity index (χ2n) is 6.40. The molecule has 3 aromatic rings. The van der Waals surface area contributed by atoms with Crippen molar-refractivity contribution in [2.45, 2.75) is 32.7 Å². The maximum absolute atomic E-state index is 13.0. The van der Waals surface area contributed by atoms with Gasteiger partial charge in [0.2, 0.25) is 5.91 Å². The van der Waals surface area contributed by atoms with Crippen LogP contribution in [0.5, 0.6) is 0 Å². The molecule has 4 nitrogen and oxygen atoms in total. The first-order valence-electron chi connectivity index (χ1n) is 8.58. The normalized spacial score (nSPS) is 12.0. The molecule has 1 unspecified atom stereocenters. The molecule has 1 amide bonds. The van der Waals surface area contributed by atoms with E-state index < -0.39 is 0 Å². The fourth-order valence-electron chi connectivity index (χ4n) is 2.86. The Hall–Kier alpha value is -2.95. The molecule has 2 aromatic carbocycles. The zero-order chi connectivity index (χ0) is 18.5. The summed E-state index contributed by atoms with van der Waals surface area (Å²) in [6, 6.07) is 14.0. The molecular formula is C21H21FN2O2. The van der Waals surface area contributed by atoms with E-state index in [0.29, 0.717) is 12.8 Å². The van der Waals surface area contributed by atoms with Crippen molar-refractivity contribution < 1.29 is 13.7 Å². The number of hydrogen-bond donors (Lipinski definition) is 1. The Morgan fingerprint density at radius 2 is 2.00 bits per heavy atom. The van der Waals surface area contributed by atoms with Crippen molar-refractivity contribution in [1.29, 1.82) is 0 Å². The van der Waals surface area contributed by atoms with Gasteiger partial charge in [-0.15, -0.1) is 0 Å². The van der Waals surface area contributed by atoms with Gasteiger partial charge in [-0.05, 0) is 44.0 Å². The van der Waals surface area contributed by atoms with Crippen molar-refractivity contribution in [3.63, 3.8) is 0 Å². The zero-order valence-electron chi connectivity index (χ0n) is 14.8. The first kappa shape index (κ1) is 17.9. The molecule has 1 heterocycles. The van der Waals surface area contributed by atoms with E-state index in [1.54, 1.807) is 18.4 Å². The molecule has 0 radical (unpaired) electrons. The van der Waals surface area contributed by atoms with Crippen LogP contribution in [0.15, 0.2) is 59.3 Å². The monoisotopic (exact) mass is 352 g/mol. The van der Waals surface area contributed by atoms with Crippen molar-refractivity contribution >= 4 is 5.91 Å². The van der Waals surface area contributed by atoms with Crippen LogP contribution in [0.2, 0.25) is 0 Å². The number of carbonyl (C=O) groups is 1. The predicted molar refractivity (Wildman–Crippen MR) is 98.0 cm³/mol. The highest BCUT2D eigenvalue weighted by Crippen LogP contribution is 2.24. The van der Waals surface area contributed by atoms with Crippen molar-refractivity contribution in [3.8, 4) is 11.3 Å². The summed E-state index contributed by atoms with van der Waals surface area (Å²) in [5.41, 5.74) is 4.66. The van der Waals surface area contributed by atoms with Crippen LogP contribution in [0.1, 0.15) is 36.1 Å². The molecule has 1 N–H and O–H groups in total. The fourth-order valence-corrected chi connectivity index (χ4v) is 2.86. The first-order valence-corrected chi connectivity index (χ1v) is 8.58. The Kier molecular flexibility index (Phi) is 5.46. The third-order valence-electron chi connectivity index (χ3n) is 4.30. The van der Waals surface area contributed by atoms with E-state index in [-0.39, 0.29) is 17.8 Å². The lowest BCUT2D eigenvalue weighted by Crippen LogP contribution is -2.26. The van der Waals surface area contributed by atoms with Crippen molar-refractivity contribution in [1.82, 2.24) is 10.5 Å². The van der Waals surface area contributed by atoms with E-state index >= 15 is 0 Å². The summed E-state index contributed by atoms with van der Waals surface area (Å²) in [6.07, 6.45) is 2.45. The molecule has 1 atom stereocenters. The number of aromatic nitrogens is 1. The smallest absolute Gasteiger partial charge is 0.220 e. The number of aryl methyl sites for hydroxylation is 2. The molecule has 0 aliphatic carbocycles. The zero-order valence-corrected chi connectivity index (χ0v) is 14.8.